The van der Waals surface area contributed by atoms with Crippen LogP contribution in [-0.2, 0) is 15.3 Å². The zero-order valence-electron chi connectivity index (χ0n) is 18.8. The number of aliphatic hydroxyl groups excluding tert-OH is 1. The molecule has 3 atom stereocenters. The molecule has 1 aliphatic carbocycles. The molecule has 8 nitrogen and oxygen atoms in total. The highest BCUT2D eigenvalue weighted by atomic mass is 79.9. The van der Waals surface area contributed by atoms with Gasteiger partial charge in [0.15, 0.2) is 5.66 Å². The second kappa shape index (κ2) is 14.2. The molecule has 10 heteroatoms. The van der Waals surface area contributed by atoms with E-state index in [0.717, 1.165) is 25.7 Å². The van der Waals surface area contributed by atoms with E-state index >= 15 is 0 Å². The summed E-state index contributed by atoms with van der Waals surface area (Å²) in [7, 11) is 0. The molecule has 0 aliphatic heterocycles. The van der Waals surface area contributed by atoms with Gasteiger partial charge in [-0.2, -0.15) is 5.10 Å². The number of amides is 2. The third kappa shape index (κ3) is 9.59. The number of nitrogens with zero attached hydrogens (tertiary/aromatic N) is 2. The van der Waals surface area contributed by atoms with E-state index in [2.05, 4.69) is 15.7 Å². The van der Waals surface area contributed by atoms with Crippen molar-refractivity contribution in [2.24, 2.45) is 17.6 Å². The van der Waals surface area contributed by atoms with Crippen LogP contribution < -0.4 is 16.4 Å². The Kier molecular flexibility index (Phi) is 13.8. The Morgan fingerprint density at radius 3 is 2.45 bits per heavy atom. The number of halogens is 2. The molecule has 180 valence electrons. The van der Waals surface area contributed by atoms with Crippen LogP contribution in [0.4, 0.5) is 0 Å². The summed E-state index contributed by atoms with van der Waals surface area (Å²) < 4.78 is 1.39. The molecule has 0 aromatic carbocycles. The van der Waals surface area contributed by atoms with Gasteiger partial charge in [0, 0.05) is 18.9 Å². The molecule has 1 heterocycles. The third-order valence-electron chi connectivity index (χ3n) is 5.64. The number of nitrogens with one attached hydrogen (secondary N) is 2. The van der Waals surface area contributed by atoms with Crippen molar-refractivity contribution in [1.82, 2.24) is 20.4 Å². The topological polar surface area (TPSA) is 122 Å². The number of carbonyl (C=O) groups excluding carboxylic acids is 2. The van der Waals surface area contributed by atoms with E-state index in [-0.39, 0.29) is 46.3 Å². The van der Waals surface area contributed by atoms with Crippen molar-refractivity contribution in [3.63, 3.8) is 0 Å². The molecule has 2 amide bonds. The van der Waals surface area contributed by atoms with Crippen LogP contribution in [0.5, 0.6) is 0 Å². The first kappa shape index (κ1) is 30.0. The summed E-state index contributed by atoms with van der Waals surface area (Å²) in [4.78, 5) is 25.1. The van der Waals surface area contributed by atoms with Gasteiger partial charge in [-0.05, 0) is 31.2 Å². The lowest BCUT2D eigenvalue weighted by atomic mass is 9.83. The maximum absolute atomic E-state index is 12.9. The lowest BCUT2D eigenvalue weighted by Gasteiger charge is -2.33. The van der Waals surface area contributed by atoms with Crippen LogP contribution in [0, 0.1) is 11.8 Å². The summed E-state index contributed by atoms with van der Waals surface area (Å²) in [6.45, 7) is 6.17. The number of hydrogen-bond donors (Lipinski definition) is 4. The summed E-state index contributed by atoms with van der Waals surface area (Å²) >= 11 is 0. The highest BCUT2D eigenvalue weighted by molar-refractivity contribution is 8.93. The average molecular weight is 569 g/mol. The lowest BCUT2D eigenvalue weighted by Crippen LogP contribution is -2.58. The molecular formula is C21H39Br2N5O3. The smallest absolute Gasteiger partial charge is 0.262 e. The zero-order chi connectivity index (χ0) is 21.4. The van der Waals surface area contributed by atoms with Gasteiger partial charge in [0.1, 0.15) is 0 Å². The summed E-state index contributed by atoms with van der Waals surface area (Å²) in [5.41, 5.74) is 4.84. The van der Waals surface area contributed by atoms with Gasteiger partial charge in [-0.25, -0.2) is 4.68 Å². The molecule has 5 N–H and O–H groups in total. The fourth-order valence-electron chi connectivity index (χ4n) is 3.78. The molecule has 0 radical (unpaired) electrons. The lowest BCUT2D eigenvalue weighted by molar-refractivity contribution is -0.132. The van der Waals surface area contributed by atoms with Crippen molar-refractivity contribution in [2.75, 3.05) is 6.54 Å². The molecule has 2 unspecified atom stereocenters. The molecule has 1 fully saturated rings. The van der Waals surface area contributed by atoms with Crippen LogP contribution in [0.2, 0.25) is 0 Å². The molecule has 1 saturated carbocycles. The summed E-state index contributed by atoms with van der Waals surface area (Å²) in [6.07, 6.45) is 8.53. The SMILES string of the molecule is Br.Br.CC(C)CNC(=O)CC(O)C(CC1CCCCC1)NC(=O)[C@@](C)(N)n1cccn1. The van der Waals surface area contributed by atoms with Crippen LogP contribution in [-0.4, -0.2) is 45.4 Å². The van der Waals surface area contributed by atoms with E-state index in [9.17, 15) is 14.7 Å². The van der Waals surface area contributed by atoms with Crippen LogP contribution in [0.25, 0.3) is 0 Å². The summed E-state index contributed by atoms with van der Waals surface area (Å²) in [5, 5.41) is 20.6. The van der Waals surface area contributed by atoms with Crippen LogP contribution in [0.3, 0.4) is 0 Å². The van der Waals surface area contributed by atoms with Crippen molar-refractivity contribution < 1.29 is 14.7 Å². The third-order valence-corrected chi connectivity index (χ3v) is 5.64. The molecule has 1 aromatic heterocycles. The minimum atomic E-state index is -1.38. The Balaban J connectivity index is 0.00000450. The Bertz CT molecular complexity index is 649. The number of carbonyl (C=O) groups is 2. The van der Waals surface area contributed by atoms with Gasteiger partial charge in [-0.1, -0.05) is 46.0 Å². The Morgan fingerprint density at radius 2 is 1.90 bits per heavy atom. The van der Waals surface area contributed by atoms with Gasteiger partial charge in [-0.3, -0.25) is 15.3 Å². The van der Waals surface area contributed by atoms with Gasteiger partial charge in [0.2, 0.25) is 5.91 Å². The Morgan fingerprint density at radius 1 is 1.26 bits per heavy atom. The van der Waals surface area contributed by atoms with Gasteiger partial charge in [-0.15, -0.1) is 34.0 Å². The van der Waals surface area contributed by atoms with E-state index in [1.807, 2.05) is 13.8 Å². The number of hydrogen-bond acceptors (Lipinski definition) is 5. The minimum absolute atomic E-state index is 0. The quantitative estimate of drug-likeness (QED) is 0.345. The first-order chi connectivity index (χ1) is 13.7. The number of nitrogens with two attached hydrogens (primary N) is 1. The average Bonchev–Trinajstić information content (AvgIpc) is 3.22. The van der Waals surface area contributed by atoms with E-state index in [4.69, 9.17) is 5.73 Å². The van der Waals surface area contributed by atoms with E-state index < -0.39 is 23.7 Å². The van der Waals surface area contributed by atoms with E-state index in [1.165, 1.54) is 11.1 Å². The molecule has 1 aliphatic rings. The molecule has 1 aromatic rings. The minimum Gasteiger partial charge on any atom is -0.390 e. The number of rotatable bonds is 10. The van der Waals surface area contributed by atoms with Crippen molar-refractivity contribution in [3.05, 3.63) is 18.5 Å². The second-order valence-corrected chi connectivity index (χ2v) is 8.89. The molecule has 0 saturated heterocycles. The molecule has 2 rings (SSSR count). The van der Waals surface area contributed by atoms with Crippen molar-refractivity contribution >= 4 is 45.8 Å². The van der Waals surface area contributed by atoms with Crippen LogP contribution in [0.15, 0.2) is 18.5 Å². The van der Waals surface area contributed by atoms with Gasteiger partial charge >= 0.3 is 0 Å². The predicted octanol–water partition coefficient (Wildman–Crippen LogP) is 2.65. The standard InChI is InChI=1S/C21H37N5O3.2BrH/c1-15(2)14-23-19(28)13-18(27)17(12-16-8-5-4-6-9-16)25-20(29)21(3,22)26-11-7-10-24-26;;/h7,10-11,15-18,27H,4-6,8-9,12-14,22H2,1-3H3,(H,23,28)(H,25,29);2*1H/t17?,18?,21-;;/m0../s1. The van der Waals surface area contributed by atoms with E-state index in [1.54, 1.807) is 25.4 Å². The van der Waals surface area contributed by atoms with Crippen molar-refractivity contribution in [1.29, 1.82) is 0 Å². The molecule has 0 bridgehead atoms. The van der Waals surface area contributed by atoms with Crippen molar-refractivity contribution in [3.8, 4) is 0 Å². The number of aliphatic hydroxyl groups is 1. The van der Waals surface area contributed by atoms with Gasteiger partial charge in [0.25, 0.3) is 5.91 Å². The Hall–Kier alpha value is -0.970. The fraction of sp³-hybridized carbons (Fsp3) is 0.762. The predicted molar refractivity (Wildman–Crippen MR) is 132 cm³/mol. The molecular weight excluding hydrogens is 530 g/mol. The Labute approximate surface area is 206 Å². The zero-order valence-corrected chi connectivity index (χ0v) is 22.2. The maximum Gasteiger partial charge on any atom is 0.262 e. The molecule has 31 heavy (non-hydrogen) atoms. The van der Waals surface area contributed by atoms with Crippen LogP contribution >= 0.6 is 34.0 Å². The second-order valence-electron chi connectivity index (χ2n) is 8.89. The number of aromatic nitrogens is 2. The van der Waals surface area contributed by atoms with Gasteiger partial charge < -0.3 is 15.7 Å². The van der Waals surface area contributed by atoms with Crippen molar-refractivity contribution in [2.45, 2.75) is 83.5 Å². The first-order valence-corrected chi connectivity index (χ1v) is 10.7. The summed E-state index contributed by atoms with van der Waals surface area (Å²) in [5.74, 6) is 0.123. The van der Waals surface area contributed by atoms with Crippen LogP contribution in [0.1, 0.15) is 65.7 Å². The van der Waals surface area contributed by atoms with Gasteiger partial charge in [0.05, 0.1) is 18.6 Å². The highest BCUT2D eigenvalue weighted by Gasteiger charge is 2.35. The fourth-order valence-corrected chi connectivity index (χ4v) is 3.78. The summed E-state index contributed by atoms with van der Waals surface area (Å²) in [6, 6.07) is 1.17. The monoisotopic (exact) mass is 567 g/mol. The first-order valence-electron chi connectivity index (χ1n) is 10.7. The largest absolute Gasteiger partial charge is 0.390 e. The maximum atomic E-state index is 12.9. The van der Waals surface area contributed by atoms with E-state index in [0.29, 0.717) is 24.8 Å². The molecule has 0 spiro atoms. The normalized spacial score (nSPS) is 18.1. The highest BCUT2D eigenvalue weighted by Crippen LogP contribution is 2.28.